The summed E-state index contributed by atoms with van der Waals surface area (Å²) in [6.07, 6.45) is 3.77. The molecule has 1 aliphatic heterocycles. The normalized spacial score (nSPS) is 18.3. The van der Waals surface area contributed by atoms with Gasteiger partial charge in [-0.15, -0.1) is 0 Å². The van der Waals surface area contributed by atoms with Crippen LogP contribution in [0.15, 0.2) is 48.8 Å². The zero-order valence-electron chi connectivity index (χ0n) is 12.6. The molecule has 1 aliphatic rings. The summed E-state index contributed by atoms with van der Waals surface area (Å²) in [6, 6.07) is 11.8. The van der Waals surface area contributed by atoms with E-state index in [1.54, 1.807) is 10.9 Å². The van der Waals surface area contributed by atoms with Crippen LogP contribution >= 0.6 is 0 Å². The summed E-state index contributed by atoms with van der Waals surface area (Å²) in [5.41, 5.74) is 0.947. The molecule has 1 aromatic carbocycles. The molecule has 1 atom stereocenters. The van der Waals surface area contributed by atoms with Crippen molar-refractivity contribution >= 4 is 5.95 Å². The molecule has 3 heterocycles. The van der Waals surface area contributed by atoms with Gasteiger partial charge in [-0.05, 0) is 28.6 Å². The fourth-order valence-electron chi connectivity index (χ4n) is 2.74. The summed E-state index contributed by atoms with van der Waals surface area (Å²) in [7, 11) is 0. The Bertz CT molecular complexity index is 740. The minimum atomic E-state index is 0.0598. The molecule has 0 saturated carbocycles. The third-order valence-corrected chi connectivity index (χ3v) is 3.83. The van der Waals surface area contributed by atoms with Crippen molar-refractivity contribution in [3.8, 4) is 5.69 Å². The Balaban J connectivity index is 1.53. The number of tetrazole rings is 1. The minimum Gasteiger partial charge on any atom is -0.373 e. The number of anilines is 1. The van der Waals surface area contributed by atoms with Gasteiger partial charge in [-0.2, -0.15) is 9.78 Å². The monoisotopic (exact) mass is 311 g/mol. The van der Waals surface area contributed by atoms with E-state index < -0.39 is 0 Å². The second-order valence-corrected chi connectivity index (χ2v) is 5.39. The van der Waals surface area contributed by atoms with E-state index in [1.165, 1.54) is 0 Å². The Morgan fingerprint density at radius 3 is 2.91 bits per heavy atom. The van der Waals surface area contributed by atoms with Gasteiger partial charge in [0.05, 0.1) is 24.9 Å². The number of aromatic nitrogens is 6. The smallest absolute Gasteiger partial charge is 0.250 e. The van der Waals surface area contributed by atoms with Crippen LogP contribution < -0.4 is 4.90 Å². The molecule has 0 radical (unpaired) electrons. The van der Waals surface area contributed by atoms with Gasteiger partial charge in [-0.25, -0.2) is 0 Å². The van der Waals surface area contributed by atoms with Crippen molar-refractivity contribution in [3.05, 3.63) is 48.8 Å². The van der Waals surface area contributed by atoms with Gasteiger partial charge in [-0.3, -0.25) is 4.68 Å². The zero-order valence-corrected chi connectivity index (χ0v) is 12.6. The molecule has 0 amide bonds. The average molecular weight is 311 g/mol. The lowest BCUT2D eigenvalue weighted by molar-refractivity contribution is 0.0268. The molecule has 1 saturated heterocycles. The number of benzene rings is 1. The number of ether oxygens (including phenoxy) is 1. The quantitative estimate of drug-likeness (QED) is 0.708. The average Bonchev–Trinajstić information content (AvgIpc) is 3.27. The van der Waals surface area contributed by atoms with Crippen LogP contribution in [0.1, 0.15) is 0 Å². The molecule has 1 fully saturated rings. The maximum Gasteiger partial charge on any atom is 0.250 e. The predicted octanol–water partition coefficient (Wildman–Crippen LogP) is 0.764. The third kappa shape index (κ3) is 2.93. The van der Waals surface area contributed by atoms with Crippen molar-refractivity contribution in [3.63, 3.8) is 0 Å². The zero-order chi connectivity index (χ0) is 15.5. The molecule has 3 aromatic rings. The molecule has 1 unspecified atom stereocenters. The minimum absolute atomic E-state index is 0.0598. The van der Waals surface area contributed by atoms with Gasteiger partial charge in [0, 0.05) is 25.5 Å². The molecule has 118 valence electrons. The van der Waals surface area contributed by atoms with Crippen molar-refractivity contribution in [2.24, 2.45) is 0 Å². The lowest BCUT2D eigenvalue weighted by Crippen LogP contribution is -2.45. The van der Waals surface area contributed by atoms with Crippen molar-refractivity contribution in [2.75, 3.05) is 24.6 Å². The first-order chi connectivity index (χ1) is 11.4. The van der Waals surface area contributed by atoms with Gasteiger partial charge in [0.1, 0.15) is 0 Å². The molecular formula is C15H17N7O. The highest BCUT2D eigenvalue weighted by molar-refractivity contribution is 5.40. The van der Waals surface area contributed by atoms with E-state index in [2.05, 4.69) is 25.5 Å². The van der Waals surface area contributed by atoms with Crippen LogP contribution in [0.5, 0.6) is 0 Å². The SMILES string of the molecule is c1ccc(-n2nnnc2N2CCOC(Cn3cccn3)C2)cc1. The van der Waals surface area contributed by atoms with Crippen LogP contribution in [0, 0.1) is 0 Å². The first-order valence-electron chi connectivity index (χ1n) is 7.58. The van der Waals surface area contributed by atoms with Gasteiger partial charge in [-0.1, -0.05) is 23.3 Å². The Labute approximate surface area is 133 Å². The van der Waals surface area contributed by atoms with E-state index in [4.69, 9.17) is 4.74 Å². The Hall–Kier alpha value is -2.74. The lowest BCUT2D eigenvalue weighted by Gasteiger charge is -2.33. The maximum atomic E-state index is 5.84. The van der Waals surface area contributed by atoms with E-state index in [0.717, 1.165) is 31.3 Å². The van der Waals surface area contributed by atoms with E-state index in [-0.39, 0.29) is 6.10 Å². The summed E-state index contributed by atoms with van der Waals surface area (Å²) >= 11 is 0. The molecule has 8 heteroatoms. The third-order valence-electron chi connectivity index (χ3n) is 3.83. The molecule has 0 spiro atoms. The number of hydrogen-bond acceptors (Lipinski definition) is 6. The number of morpholine rings is 1. The highest BCUT2D eigenvalue weighted by atomic mass is 16.5. The highest BCUT2D eigenvalue weighted by Gasteiger charge is 2.25. The fraction of sp³-hybridized carbons (Fsp3) is 0.333. The first kappa shape index (κ1) is 13.9. The van der Waals surface area contributed by atoms with E-state index in [1.807, 2.05) is 47.3 Å². The van der Waals surface area contributed by atoms with Crippen LogP contribution in [0.4, 0.5) is 5.95 Å². The lowest BCUT2D eigenvalue weighted by atomic mass is 10.2. The molecule has 0 bridgehead atoms. The molecule has 8 nitrogen and oxygen atoms in total. The summed E-state index contributed by atoms with van der Waals surface area (Å²) in [6.45, 7) is 2.86. The summed E-state index contributed by atoms with van der Waals surface area (Å²) < 4.78 is 9.49. The molecule has 2 aromatic heterocycles. The van der Waals surface area contributed by atoms with Crippen LogP contribution in [-0.4, -0.2) is 55.8 Å². The van der Waals surface area contributed by atoms with E-state index >= 15 is 0 Å². The highest BCUT2D eigenvalue weighted by Crippen LogP contribution is 2.18. The number of hydrogen-bond donors (Lipinski definition) is 0. The Kier molecular flexibility index (Phi) is 3.73. The summed E-state index contributed by atoms with van der Waals surface area (Å²) in [5.74, 6) is 0.741. The molecule has 23 heavy (non-hydrogen) atoms. The van der Waals surface area contributed by atoms with Gasteiger partial charge in [0.2, 0.25) is 0 Å². The van der Waals surface area contributed by atoms with Crippen molar-refractivity contribution in [2.45, 2.75) is 12.6 Å². The largest absolute Gasteiger partial charge is 0.373 e. The molecule has 0 aliphatic carbocycles. The van der Waals surface area contributed by atoms with Crippen LogP contribution in [0.3, 0.4) is 0 Å². The summed E-state index contributed by atoms with van der Waals surface area (Å²) in [4.78, 5) is 2.16. The van der Waals surface area contributed by atoms with Crippen LogP contribution in [0.25, 0.3) is 5.69 Å². The van der Waals surface area contributed by atoms with Gasteiger partial charge in [0.25, 0.3) is 5.95 Å². The Morgan fingerprint density at radius 1 is 1.17 bits per heavy atom. The standard InChI is InChI=1S/C15H17N7O/c1-2-5-13(6-3-1)22-15(17-18-19-22)20-9-10-23-14(11-20)12-21-8-4-7-16-21/h1-8,14H,9-12H2. The van der Waals surface area contributed by atoms with Crippen molar-refractivity contribution in [1.82, 2.24) is 30.0 Å². The van der Waals surface area contributed by atoms with Crippen LogP contribution in [-0.2, 0) is 11.3 Å². The van der Waals surface area contributed by atoms with E-state index in [0.29, 0.717) is 6.61 Å². The maximum absolute atomic E-state index is 5.84. The van der Waals surface area contributed by atoms with Crippen molar-refractivity contribution in [1.29, 1.82) is 0 Å². The second-order valence-electron chi connectivity index (χ2n) is 5.39. The Morgan fingerprint density at radius 2 is 2.09 bits per heavy atom. The number of para-hydroxylation sites is 1. The molecule has 0 N–H and O–H groups in total. The van der Waals surface area contributed by atoms with Gasteiger partial charge >= 0.3 is 0 Å². The first-order valence-corrected chi connectivity index (χ1v) is 7.58. The summed E-state index contributed by atoms with van der Waals surface area (Å²) in [5, 5.41) is 16.4. The molecule has 4 rings (SSSR count). The fourth-order valence-corrected chi connectivity index (χ4v) is 2.74. The predicted molar refractivity (Wildman–Crippen MR) is 83.3 cm³/mol. The second kappa shape index (κ2) is 6.17. The number of rotatable bonds is 4. The number of nitrogens with zero attached hydrogens (tertiary/aromatic N) is 7. The van der Waals surface area contributed by atoms with Gasteiger partial charge < -0.3 is 9.64 Å². The van der Waals surface area contributed by atoms with E-state index in [9.17, 15) is 0 Å². The van der Waals surface area contributed by atoms with Crippen molar-refractivity contribution < 1.29 is 4.74 Å². The topological polar surface area (TPSA) is 73.9 Å². The van der Waals surface area contributed by atoms with Crippen LogP contribution in [0.2, 0.25) is 0 Å². The van der Waals surface area contributed by atoms with Gasteiger partial charge in [0.15, 0.2) is 0 Å². The molecular weight excluding hydrogens is 294 g/mol.